The van der Waals surface area contributed by atoms with Gasteiger partial charge in [-0.1, -0.05) is 13.8 Å². The molecule has 3 N–H and O–H groups in total. The van der Waals surface area contributed by atoms with Gasteiger partial charge in [-0.3, -0.25) is 4.57 Å². The van der Waals surface area contributed by atoms with Crippen molar-refractivity contribution in [2.24, 2.45) is 0 Å². The predicted octanol–water partition coefficient (Wildman–Crippen LogP) is 0.391. The summed E-state index contributed by atoms with van der Waals surface area (Å²) in [6, 6.07) is 0. The van der Waals surface area contributed by atoms with Gasteiger partial charge in [0.1, 0.15) is 0 Å². The topological polar surface area (TPSA) is 61.4 Å². The lowest BCUT2D eigenvalue weighted by Crippen LogP contribution is -2.21. The van der Waals surface area contributed by atoms with Crippen molar-refractivity contribution in [2.45, 2.75) is 13.8 Å². The largest absolute Gasteiger partial charge is 0.343 e. The Bertz CT molecular complexity index is 129. The fourth-order valence-electron chi connectivity index (χ4n) is 0.629. The Kier molecular flexibility index (Phi) is 5.78. The number of nitrogens with one attached hydrogen (secondary N) is 2. The molecular formula is C6H17N2O2P. The smallest absolute Gasteiger partial charge is 0.227 e. The number of rotatable bonds is 6. The molecule has 0 saturated heterocycles. The van der Waals surface area contributed by atoms with Crippen molar-refractivity contribution < 1.29 is 9.46 Å². The first-order valence-electron chi connectivity index (χ1n) is 3.84. The Balaban J connectivity index is 3.53. The SMILES string of the molecule is CCNCP(=O)(O)CNCC. The van der Waals surface area contributed by atoms with E-state index in [-0.39, 0.29) is 12.6 Å². The zero-order valence-electron chi connectivity index (χ0n) is 7.13. The average molecular weight is 180 g/mol. The summed E-state index contributed by atoms with van der Waals surface area (Å²) in [4.78, 5) is 9.21. The lowest BCUT2D eigenvalue weighted by Gasteiger charge is -2.11. The Morgan fingerprint density at radius 1 is 1.18 bits per heavy atom. The van der Waals surface area contributed by atoms with Crippen LogP contribution in [0.2, 0.25) is 0 Å². The van der Waals surface area contributed by atoms with Gasteiger partial charge in [-0.25, -0.2) is 0 Å². The fraction of sp³-hybridized carbons (Fsp3) is 1.00. The quantitative estimate of drug-likeness (QED) is 0.517. The van der Waals surface area contributed by atoms with Gasteiger partial charge in [0.15, 0.2) is 0 Å². The minimum Gasteiger partial charge on any atom is -0.343 e. The van der Waals surface area contributed by atoms with Crippen LogP contribution >= 0.6 is 7.37 Å². The molecule has 0 aliphatic rings. The highest BCUT2D eigenvalue weighted by atomic mass is 31.2. The van der Waals surface area contributed by atoms with E-state index in [2.05, 4.69) is 10.6 Å². The van der Waals surface area contributed by atoms with Gasteiger partial charge in [-0.05, 0) is 13.1 Å². The van der Waals surface area contributed by atoms with E-state index in [1.807, 2.05) is 13.8 Å². The lowest BCUT2D eigenvalue weighted by atomic mass is 10.8. The molecule has 5 heteroatoms. The maximum Gasteiger partial charge on any atom is 0.227 e. The van der Waals surface area contributed by atoms with Crippen LogP contribution in [-0.4, -0.2) is 30.6 Å². The molecule has 0 aliphatic carbocycles. The Morgan fingerprint density at radius 3 is 1.82 bits per heavy atom. The molecule has 0 aromatic heterocycles. The van der Waals surface area contributed by atoms with Crippen molar-refractivity contribution in [1.29, 1.82) is 0 Å². The van der Waals surface area contributed by atoms with Gasteiger partial charge < -0.3 is 15.5 Å². The minimum atomic E-state index is -2.95. The van der Waals surface area contributed by atoms with Gasteiger partial charge in [-0.15, -0.1) is 0 Å². The molecular weight excluding hydrogens is 163 g/mol. The monoisotopic (exact) mass is 180 g/mol. The van der Waals surface area contributed by atoms with Crippen LogP contribution in [0.4, 0.5) is 0 Å². The Morgan fingerprint density at radius 2 is 1.55 bits per heavy atom. The van der Waals surface area contributed by atoms with E-state index >= 15 is 0 Å². The van der Waals surface area contributed by atoms with Crippen molar-refractivity contribution >= 4 is 7.37 Å². The van der Waals surface area contributed by atoms with Crippen LogP contribution in [0, 0.1) is 0 Å². The second-order valence-electron chi connectivity index (χ2n) is 2.37. The van der Waals surface area contributed by atoms with E-state index in [0.29, 0.717) is 0 Å². The zero-order chi connectivity index (χ0) is 8.74. The zero-order valence-corrected chi connectivity index (χ0v) is 8.03. The molecule has 0 radical (unpaired) electrons. The van der Waals surface area contributed by atoms with Gasteiger partial charge in [0.25, 0.3) is 0 Å². The van der Waals surface area contributed by atoms with Crippen LogP contribution in [0.5, 0.6) is 0 Å². The van der Waals surface area contributed by atoms with Gasteiger partial charge in [0.2, 0.25) is 7.37 Å². The summed E-state index contributed by atoms with van der Waals surface area (Å²) in [7, 11) is -2.95. The van der Waals surface area contributed by atoms with Crippen LogP contribution in [0.25, 0.3) is 0 Å². The van der Waals surface area contributed by atoms with E-state index in [4.69, 9.17) is 0 Å². The van der Waals surface area contributed by atoms with Crippen LogP contribution in [0.3, 0.4) is 0 Å². The second-order valence-corrected chi connectivity index (χ2v) is 4.69. The molecule has 0 fully saturated rings. The van der Waals surface area contributed by atoms with Gasteiger partial charge in [0, 0.05) is 0 Å². The molecule has 0 aromatic carbocycles. The summed E-state index contributed by atoms with van der Waals surface area (Å²) in [6.45, 7) is 5.29. The van der Waals surface area contributed by atoms with Crippen molar-refractivity contribution in [1.82, 2.24) is 10.6 Å². The molecule has 0 amide bonds. The average Bonchev–Trinajstić information content (AvgIpc) is 1.97. The number of hydrogen-bond acceptors (Lipinski definition) is 3. The maximum absolute atomic E-state index is 11.2. The van der Waals surface area contributed by atoms with E-state index < -0.39 is 7.37 Å². The summed E-state index contributed by atoms with van der Waals surface area (Å²) in [5.74, 6) is 0. The molecule has 0 bridgehead atoms. The highest BCUT2D eigenvalue weighted by molar-refractivity contribution is 7.57. The molecule has 0 aromatic rings. The van der Waals surface area contributed by atoms with E-state index in [9.17, 15) is 9.46 Å². The second kappa shape index (κ2) is 5.72. The van der Waals surface area contributed by atoms with Crippen molar-refractivity contribution in [2.75, 3.05) is 25.7 Å². The van der Waals surface area contributed by atoms with Crippen molar-refractivity contribution in [3.05, 3.63) is 0 Å². The minimum absolute atomic E-state index is 0.205. The highest BCUT2D eigenvalue weighted by Gasteiger charge is 2.15. The van der Waals surface area contributed by atoms with E-state index in [0.717, 1.165) is 13.1 Å². The van der Waals surface area contributed by atoms with Crippen LogP contribution < -0.4 is 10.6 Å². The molecule has 0 heterocycles. The highest BCUT2D eigenvalue weighted by Crippen LogP contribution is 2.36. The standard InChI is InChI=1S/C6H17N2O2P/c1-3-7-5-11(9,10)6-8-4-2/h7-8H,3-6H2,1-2H3,(H,9,10). The third-order valence-electron chi connectivity index (χ3n) is 1.22. The summed E-state index contributed by atoms with van der Waals surface area (Å²) in [6.07, 6.45) is 0.410. The molecule has 4 nitrogen and oxygen atoms in total. The van der Waals surface area contributed by atoms with Crippen molar-refractivity contribution in [3.8, 4) is 0 Å². The van der Waals surface area contributed by atoms with Crippen LogP contribution in [0.1, 0.15) is 13.8 Å². The lowest BCUT2D eigenvalue weighted by molar-refractivity contribution is 0.466. The molecule has 68 valence electrons. The first kappa shape index (κ1) is 11.1. The normalized spacial score (nSPS) is 11.9. The molecule has 0 saturated carbocycles. The summed E-state index contributed by atoms with van der Waals surface area (Å²) in [5, 5.41) is 5.69. The summed E-state index contributed by atoms with van der Waals surface area (Å²) >= 11 is 0. The Labute approximate surface area is 67.8 Å². The summed E-state index contributed by atoms with van der Waals surface area (Å²) in [5.41, 5.74) is 0. The van der Waals surface area contributed by atoms with Crippen LogP contribution in [0.15, 0.2) is 0 Å². The van der Waals surface area contributed by atoms with E-state index in [1.165, 1.54) is 0 Å². The third kappa shape index (κ3) is 6.51. The predicted molar refractivity (Wildman–Crippen MR) is 46.9 cm³/mol. The van der Waals surface area contributed by atoms with Crippen LogP contribution in [-0.2, 0) is 4.57 Å². The first-order chi connectivity index (χ1) is 5.12. The fourth-order valence-corrected chi connectivity index (χ4v) is 1.89. The van der Waals surface area contributed by atoms with Gasteiger partial charge >= 0.3 is 0 Å². The molecule has 0 rings (SSSR count). The first-order valence-corrected chi connectivity index (χ1v) is 5.87. The Hall–Kier alpha value is 0.110. The molecule has 0 spiro atoms. The molecule has 11 heavy (non-hydrogen) atoms. The summed E-state index contributed by atoms with van der Waals surface area (Å²) < 4.78 is 11.2. The van der Waals surface area contributed by atoms with E-state index in [1.54, 1.807) is 0 Å². The van der Waals surface area contributed by atoms with Crippen molar-refractivity contribution in [3.63, 3.8) is 0 Å². The van der Waals surface area contributed by atoms with Gasteiger partial charge in [-0.2, -0.15) is 0 Å². The number of hydrogen-bond donors (Lipinski definition) is 3. The molecule has 0 unspecified atom stereocenters. The van der Waals surface area contributed by atoms with Gasteiger partial charge in [0.05, 0.1) is 12.6 Å². The maximum atomic E-state index is 11.2. The third-order valence-corrected chi connectivity index (χ3v) is 2.65. The molecule has 0 aliphatic heterocycles. The molecule has 0 atom stereocenters.